The van der Waals surface area contributed by atoms with Crippen molar-refractivity contribution in [2.24, 2.45) is 0 Å². The number of hydrogen-bond donors (Lipinski definition) is 0. The van der Waals surface area contributed by atoms with Crippen LogP contribution in [0.15, 0.2) is 90.5 Å². The summed E-state index contributed by atoms with van der Waals surface area (Å²) in [4.78, 5) is 31.5. The van der Waals surface area contributed by atoms with Gasteiger partial charge in [0.15, 0.2) is 0 Å². The second-order valence-electron chi connectivity index (χ2n) is 8.28. The zero-order valence-corrected chi connectivity index (χ0v) is 22.6. The molecule has 7 heteroatoms. The second kappa shape index (κ2) is 10.2. The summed E-state index contributed by atoms with van der Waals surface area (Å²) in [6.07, 6.45) is 1.76. The molecule has 5 rings (SSSR count). The minimum absolute atomic E-state index is 0.119. The summed E-state index contributed by atoms with van der Waals surface area (Å²) in [5, 5.41) is 2.62. The number of hydrogen-bond acceptors (Lipinski definition) is 4. The number of fused-ring (bicyclic) bond motifs is 1. The molecule has 0 spiro atoms. The Labute approximate surface area is 222 Å². The van der Waals surface area contributed by atoms with Crippen LogP contribution >= 0.6 is 12.2 Å². The average Bonchev–Trinajstić information content (AvgIpc) is 3.36. The Kier molecular flexibility index (Phi) is 6.88. The molecule has 1 saturated heterocycles. The number of likely N-dealkylation sites (N-methyl/N-ethyl adjacent to an activating group) is 2. The molecule has 0 aliphatic carbocycles. The van der Waals surface area contributed by atoms with E-state index in [4.69, 9.17) is 12.2 Å². The number of rotatable bonds is 6. The molecule has 0 bridgehead atoms. The maximum absolute atomic E-state index is 13.1. The molecular weight excluding hydrogens is 533 g/mol. The summed E-state index contributed by atoms with van der Waals surface area (Å²) in [5.74, 6) is -0.646. The number of amides is 2. The zero-order valence-electron chi connectivity index (χ0n) is 20.0. The van der Waals surface area contributed by atoms with Crippen molar-refractivity contribution in [1.82, 2.24) is 9.80 Å². The van der Waals surface area contributed by atoms with Crippen LogP contribution in [0.5, 0.6) is 0 Å². The number of nitrogens with zero attached hydrogens (tertiary/aromatic N) is 3. The first-order valence-electron chi connectivity index (χ1n) is 11.9. The Bertz CT molecular complexity index is 1460. The molecular formula is C29H25N3O2SSe. The van der Waals surface area contributed by atoms with Crippen LogP contribution in [-0.2, 0) is 9.59 Å². The summed E-state index contributed by atoms with van der Waals surface area (Å²) in [6, 6.07) is 29.1. The van der Waals surface area contributed by atoms with Crippen molar-refractivity contribution < 1.29 is 9.59 Å². The topological polar surface area (TPSA) is 43.9 Å². The van der Waals surface area contributed by atoms with Crippen LogP contribution in [0, 0.1) is 0 Å². The van der Waals surface area contributed by atoms with Crippen LogP contribution in [0.4, 0.5) is 15.9 Å². The van der Waals surface area contributed by atoms with Crippen LogP contribution in [0.2, 0.25) is 0 Å². The number of para-hydroxylation sites is 1. The first kappa shape index (κ1) is 24.2. The molecule has 2 amide bonds. The zero-order chi connectivity index (χ0) is 25.2. The van der Waals surface area contributed by atoms with Gasteiger partial charge in [-0.05, 0) is 0 Å². The second-order valence-corrected chi connectivity index (χ2v) is 10.9. The first-order chi connectivity index (χ1) is 17.5. The minimum atomic E-state index is -0.323. The van der Waals surface area contributed by atoms with Gasteiger partial charge in [-0.2, -0.15) is 0 Å². The van der Waals surface area contributed by atoms with E-state index in [1.54, 1.807) is 6.08 Å². The normalized spacial score (nSPS) is 14.1. The maximum atomic E-state index is 13.1. The van der Waals surface area contributed by atoms with E-state index in [1.165, 1.54) is 15.2 Å². The third-order valence-electron chi connectivity index (χ3n) is 6.19. The van der Waals surface area contributed by atoms with Crippen molar-refractivity contribution in [3.63, 3.8) is 0 Å². The Morgan fingerprint density at radius 1 is 0.806 bits per heavy atom. The first-order valence-corrected chi connectivity index (χ1v) is 14.0. The fraction of sp³-hybridized carbons (Fsp3) is 0.138. The number of anilines is 3. The molecule has 0 saturated carbocycles. The number of carbonyl (C=O) groups is 2. The molecule has 0 unspecified atom stereocenters. The molecule has 1 aliphatic heterocycles. The van der Waals surface area contributed by atoms with Crippen LogP contribution in [-0.4, -0.2) is 54.3 Å². The van der Waals surface area contributed by atoms with Gasteiger partial charge in [0, 0.05) is 0 Å². The molecule has 5 nitrogen and oxygen atoms in total. The van der Waals surface area contributed by atoms with Gasteiger partial charge < -0.3 is 0 Å². The number of benzene rings is 3. The van der Waals surface area contributed by atoms with Crippen molar-refractivity contribution in [3.05, 3.63) is 94.9 Å². The van der Waals surface area contributed by atoms with E-state index in [9.17, 15) is 9.59 Å². The molecule has 36 heavy (non-hydrogen) atoms. The van der Waals surface area contributed by atoms with Crippen molar-refractivity contribution in [3.8, 4) is 0 Å². The van der Waals surface area contributed by atoms with E-state index >= 15 is 0 Å². The van der Waals surface area contributed by atoms with Crippen molar-refractivity contribution in [1.29, 1.82) is 0 Å². The number of thiocarbonyl (C=S) groups is 1. The molecule has 0 N–H and O–H groups in total. The molecule has 1 aliphatic rings. The molecule has 1 aromatic heterocycles. The van der Waals surface area contributed by atoms with E-state index in [1.807, 2.05) is 44.2 Å². The molecule has 0 radical (unpaired) electrons. The summed E-state index contributed by atoms with van der Waals surface area (Å²) < 4.78 is 2.10. The van der Waals surface area contributed by atoms with E-state index in [0.717, 1.165) is 25.8 Å². The number of carbonyl (C=O) groups excluding carboxylic acids is 2. The van der Waals surface area contributed by atoms with Gasteiger partial charge in [-0.1, -0.05) is 0 Å². The molecule has 180 valence electrons. The molecule has 3 aromatic carbocycles. The van der Waals surface area contributed by atoms with Gasteiger partial charge in [0.1, 0.15) is 0 Å². The van der Waals surface area contributed by atoms with Crippen LogP contribution in [0.1, 0.15) is 18.3 Å². The summed E-state index contributed by atoms with van der Waals surface area (Å²) >= 11 is 5.27. The van der Waals surface area contributed by atoms with Gasteiger partial charge in [-0.3, -0.25) is 0 Å². The summed E-state index contributed by atoms with van der Waals surface area (Å²) in [7, 11) is 0. The van der Waals surface area contributed by atoms with Gasteiger partial charge in [-0.25, -0.2) is 0 Å². The quantitative estimate of drug-likeness (QED) is 0.131. The average molecular weight is 559 g/mol. The van der Waals surface area contributed by atoms with E-state index in [2.05, 4.69) is 59.5 Å². The van der Waals surface area contributed by atoms with Gasteiger partial charge in [0.25, 0.3) is 0 Å². The van der Waals surface area contributed by atoms with Crippen LogP contribution in [0.25, 0.3) is 16.8 Å². The van der Waals surface area contributed by atoms with Crippen LogP contribution in [0.3, 0.4) is 0 Å². The van der Waals surface area contributed by atoms with Gasteiger partial charge in [0.2, 0.25) is 0 Å². The van der Waals surface area contributed by atoms with Crippen LogP contribution < -0.4 is 4.90 Å². The standard InChI is InChI=1S/C29H25N3O2SSe/c1-3-30-27(33)24(28(34)31(4-2)29(30)35)19-22-17-18-26(36-22)32(21-13-6-5-7-14-21)25-16-10-12-20-11-8-9-15-23(20)25/h5-19H,3-4H2,1-2H3. The third-order valence-corrected chi connectivity index (χ3v) is 8.76. The van der Waals surface area contributed by atoms with E-state index < -0.39 is 0 Å². The Balaban J connectivity index is 1.60. The van der Waals surface area contributed by atoms with E-state index in [-0.39, 0.29) is 37.0 Å². The van der Waals surface area contributed by atoms with Gasteiger partial charge in [-0.15, -0.1) is 0 Å². The predicted molar refractivity (Wildman–Crippen MR) is 151 cm³/mol. The van der Waals surface area contributed by atoms with Crippen molar-refractivity contribution in [2.75, 3.05) is 18.0 Å². The predicted octanol–water partition coefficient (Wildman–Crippen LogP) is 5.75. The fourth-order valence-electron chi connectivity index (χ4n) is 4.43. The monoisotopic (exact) mass is 559 g/mol. The SMILES string of the molecule is CCN1C(=O)C(=Cc2ccc(N(c3ccccc3)c3cccc4ccccc34)[se]2)C(=O)N(CC)C1=S. The van der Waals surface area contributed by atoms with Gasteiger partial charge >= 0.3 is 223 Å². The van der Waals surface area contributed by atoms with Gasteiger partial charge in [0.05, 0.1) is 0 Å². The van der Waals surface area contributed by atoms with Crippen molar-refractivity contribution in [2.45, 2.75) is 13.8 Å². The Hall–Kier alpha value is -3.51. The molecule has 1 fully saturated rings. The summed E-state index contributed by atoms with van der Waals surface area (Å²) in [5.41, 5.74) is 2.33. The fourth-order valence-corrected chi connectivity index (χ4v) is 6.92. The summed E-state index contributed by atoms with van der Waals surface area (Å²) in [6.45, 7) is 4.59. The Morgan fingerprint density at radius 3 is 2.14 bits per heavy atom. The molecule has 2 heterocycles. The Morgan fingerprint density at radius 2 is 1.44 bits per heavy atom. The molecule has 4 aromatic rings. The third kappa shape index (κ3) is 4.30. The van der Waals surface area contributed by atoms with Crippen molar-refractivity contribution >= 4 is 76.4 Å². The molecule has 0 atom stereocenters. The van der Waals surface area contributed by atoms with E-state index in [0.29, 0.717) is 13.1 Å².